The molecular formula is C17H28N2O5S. The molecule has 0 atom stereocenters. The maximum Gasteiger partial charge on any atom is 0.221 e. The van der Waals surface area contributed by atoms with E-state index in [1.807, 2.05) is 13.8 Å². The van der Waals surface area contributed by atoms with Gasteiger partial charge < -0.3 is 14.8 Å². The Hall–Kier alpha value is -1.80. The van der Waals surface area contributed by atoms with E-state index in [9.17, 15) is 13.2 Å². The van der Waals surface area contributed by atoms with Gasteiger partial charge in [0.2, 0.25) is 15.9 Å². The molecule has 1 aromatic carbocycles. The zero-order valence-corrected chi connectivity index (χ0v) is 16.4. The number of carbonyl (C=O) groups excluding carboxylic acids is 1. The van der Waals surface area contributed by atoms with E-state index in [0.29, 0.717) is 24.0 Å². The third-order valence-electron chi connectivity index (χ3n) is 3.57. The van der Waals surface area contributed by atoms with E-state index < -0.39 is 10.0 Å². The van der Waals surface area contributed by atoms with Gasteiger partial charge in [0.1, 0.15) is 0 Å². The highest BCUT2D eigenvalue weighted by Crippen LogP contribution is 2.28. The van der Waals surface area contributed by atoms with Crippen LogP contribution in [-0.4, -0.2) is 52.2 Å². The van der Waals surface area contributed by atoms with Crippen molar-refractivity contribution in [2.45, 2.75) is 26.8 Å². The summed E-state index contributed by atoms with van der Waals surface area (Å²) in [5.41, 5.74) is 0.755. The molecule has 0 fully saturated rings. The highest BCUT2D eigenvalue weighted by atomic mass is 32.2. The smallest absolute Gasteiger partial charge is 0.221 e. The molecule has 1 N–H and O–H groups in total. The van der Waals surface area contributed by atoms with Gasteiger partial charge in [0, 0.05) is 26.1 Å². The summed E-state index contributed by atoms with van der Waals surface area (Å²) in [5, 5.41) is 2.79. The molecule has 8 heteroatoms. The van der Waals surface area contributed by atoms with Gasteiger partial charge in [-0.3, -0.25) is 4.79 Å². The summed E-state index contributed by atoms with van der Waals surface area (Å²) < 4.78 is 35.8. The Morgan fingerprint density at radius 1 is 1.20 bits per heavy atom. The van der Waals surface area contributed by atoms with E-state index in [1.165, 1.54) is 18.5 Å². The molecule has 0 radical (unpaired) electrons. The summed E-state index contributed by atoms with van der Waals surface area (Å²) in [6.45, 7) is 4.86. The van der Waals surface area contributed by atoms with Crippen molar-refractivity contribution in [3.05, 3.63) is 23.8 Å². The topological polar surface area (TPSA) is 84.9 Å². The van der Waals surface area contributed by atoms with Gasteiger partial charge in [-0.25, -0.2) is 8.42 Å². The SMILES string of the molecule is COc1ccc(CN(CCC(=O)NCC(C)C)S(C)(=O)=O)cc1OC. The van der Waals surface area contributed by atoms with Crippen molar-refractivity contribution in [2.24, 2.45) is 5.92 Å². The molecule has 1 amide bonds. The predicted octanol–water partition coefficient (Wildman–Crippen LogP) is 1.63. The second-order valence-electron chi connectivity index (χ2n) is 6.23. The van der Waals surface area contributed by atoms with E-state index in [4.69, 9.17) is 9.47 Å². The molecule has 0 saturated carbocycles. The number of ether oxygens (including phenoxy) is 2. The van der Waals surface area contributed by atoms with E-state index in [2.05, 4.69) is 5.32 Å². The van der Waals surface area contributed by atoms with Gasteiger partial charge in [0.25, 0.3) is 0 Å². The molecule has 0 aliphatic heterocycles. The van der Waals surface area contributed by atoms with Gasteiger partial charge in [-0.05, 0) is 23.6 Å². The number of hydrogen-bond donors (Lipinski definition) is 1. The van der Waals surface area contributed by atoms with Crippen molar-refractivity contribution in [3.63, 3.8) is 0 Å². The normalized spacial score (nSPS) is 11.6. The molecule has 7 nitrogen and oxygen atoms in total. The first-order valence-corrected chi connectivity index (χ1v) is 9.95. The van der Waals surface area contributed by atoms with Crippen LogP contribution in [0.5, 0.6) is 11.5 Å². The average Bonchev–Trinajstić information content (AvgIpc) is 2.55. The molecule has 0 unspecified atom stereocenters. The van der Waals surface area contributed by atoms with Gasteiger partial charge in [0.15, 0.2) is 11.5 Å². The lowest BCUT2D eigenvalue weighted by Gasteiger charge is -2.20. The second-order valence-corrected chi connectivity index (χ2v) is 8.22. The maximum absolute atomic E-state index is 12.0. The fourth-order valence-corrected chi connectivity index (χ4v) is 2.98. The molecule has 0 bridgehead atoms. The number of benzene rings is 1. The van der Waals surface area contributed by atoms with Crippen LogP contribution in [0.3, 0.4) is 0 Å². The van der Waals surface area contributed by atoms with Gasteiger partial charge >= 0.3 is 0 Å². The zero-order valence-electron chi connectivity index (χ0n) is 15.5. The molecule has 0 saturated heterocycles. The zero-order chi connectivity index (χ0) is 19.0. The standard InChI is InChI=1S/C17H28N2O5S/c1-13(2)11-18-17(20)8-9-19(25(5,21)22)12-14-6-7-15(23-3)16(10-14)24-4/h6-7,10,13H,8-9,11-12H2,1-5H3,(H,18,20). The van der Waals surface area contributed by atoms with Crippen molar-refractivity contribution < 1.29 is 22.7 Å². The summed E-state index contributed by atoms with van der Waals surface area (Å²) in [6, 6.07) is 5.23. The highest BCUT2D eigenvalue weighted by molar-refractivity contribution is 7.88. The molecular weight excluding hydrogens is 344 g/mol. The van der Waals surface area contributed by atoms with Crippen LogP contribution < -0.4 is 14.8 Å². The first-order valence-electron chi connectivity index (χ1n) is 8.10. The number of sulfonamides is 1. The van der Waals surface area contributed by atoms with Crippen LogP contribution >= 0.6 is 0 Å². The summed E-state index contributed by atoms with van der Waals surface area (Å²) in [4.78, 5) is 11.8. The largest absolute Gasteiger partial charge is 0.493 e. The Morgan fingerprint density at radius 2 is 1.84 bits per heavy atom. The predicted molar refractivity (Wildman–Crippen MR) is 97.3 cm³/mol. The molecule has 1 aromatic rings. The average molecular weight is 372 g/mol. The minimum atomic E-state index is -3.44. The van der Waals surface area contributed by atoms with Crippen molar-refractivity contribution in [3.8, 4) is 11.5 Å². The van der Waals surface area contributed by atoms with Crippen molar-refractivity contribution in [1.82, 2.24) is 9.62 Å². The molecule has 0 aliphatic carbocycles. The number of hydrogen-bond acceptors (Lipinski definition) is 5. The van der Waals surface area contributed by atoms with Crippen LogP contribution in [0.1, 0.15) is 25.8 Å². The van der Waals surface area contributed by atoms with Crippen LogP contribution in [0.4, 0.5) is 0 Å². The lowest BCUT2D eigenvalue weighted by molar-refractivity contribution is -0.121. The number of carbonyl (C=O) groups is 1. The first kappa shape index (κ1) is 21.2. The Bertz CT molecular complexity index is 674. The van der Waals surface area contributed by atoms with Crippen LogP contribution in [0, 0.1) is 5.92 Å². The van der Waals surface area contributed by atoms with Crippen LogP contribution in [0.25, 0.3) is 0 Å². The summed E-state index contributed by atoms with van der Waals surface area (Å²) in [5.74, 6) is 1.30. The van der Waals surface area contributed by atoms with Crippen LogP contribution in [-0.2, 0) is 21.4 Å². The Kier molecular flexibility index (Phi) is 8.18. The van der Waals surface area contributed by atoms with Gasteiger partial charge in [-0.2, -0.15) is 4.31 Å². The van der Waals surface area contributed by atoms with Crippen molar-refractivity contribution in [1.29, 1.82) is 0 Å². The van der Waals surface area contributed by atoms with E-state index >= 15 is 0 Å². The third kappa shape index (κ3) is 7.31. The second kappa shape index (κ2) is 9.62. The molecule has 1 rings (SSSR count). The summed E-state index contributed by atoms with van der Waals surface area (Å²) >= 11 is 0. The monoisotopic (exact) mass is 372 g/mol. The fourth-order valence-electron chi connectivity index (χ4n) is 2.18. The number of amides is 1. The van der Waals surface area contributed by atoms with Crippen molar-refractivity contribution >= 4 is 15.9 Å². The lowest BCUT2D eigenvalue weighted by Crippen LogP contribution is -2.35. The van der Waals surface area contributed by atoms with Crippen LogP contribution in [0.2, 0.25) is 0 Å². The number of nitrogens with zero attached hydrogens (tertiary/aromatic N) is 1. The summed E-state index contributed by atoms with van der Waals surface area (Å²) in [6.07, 6.45) is 1.26. The quantitative estimate of drug-likeness (QED) is 0.675. The number of nitrogens with one attached hydrogen (secondary N) is 1. The molecule has 0 spiro atoms. The van der Waals surface area contributed by atoms with Gasteiger partial charge in [-0.15, -0.1) is 0 Å². The van der Waals surface area contributed by atoms with E-state index in [0.717, 1.165) is 11.8 Å². The molecule has 142 valence electrons. The number of rotatable bonds is 10. The lowest BCUT2D eigenvalue weighted by atomic mass is 10.2. The van der Waals surface area contributed by atoms with Crippen LogP contribution in [0.15, 0.2) is 18.2 Å². The minimum Gasteiger partial charge on any atom is -0.493 e. The Morgan fingerprint density at radius 3 is 2.36 bits per heavy atom. The maximum atomic E-state index is 12.0. The molecule has 0 aliphatic rings. The summed E-state index contributed by atoms with van der Waals surface area (Å²) in [7, 11) is -0.383. The minimum absolute atomic E-state index is 0.118. The van der Waals surface area contributed by atoms with E-state index in [1.54, 1.807) is 18.2 Å². The fraction of sp³-hybridized carbons (Fsp3) is 0.588. The molecule has 25 heavy (non-hydrogen) atoms. The first-order chi connectivity index (χ1) is 11.7. The molecule has 0 aromatic heterocycles. The number of methoxy groups -OCH3 is 2. The van der Waals surface area contributed by atoms with Crippen molar-refractivity contribution in [2.75, 3.05) is 33.6 Å². The Labute approximate surface area is 150 Å². The van der Waals surface area contributed by atoms with Gasteiger partial charge in [-0.1, -0.05) is 19.9 Å². The van der Waals surface area contributed by atoms with E-state index in [-0.39, 0.29) is 25.4 Å². The Balaban J connectivity index is 2.79. The third-order valence-corrected chi connectivity index (χ3v) is 4.82. The van der Waals surface area contributed by atoms with Gasteiger partial charge in [0.05, 0.1) is 20.5 Å². The molecule has 0 heterocycles. The highest BCUT2D eigenvalue weighted by Gasteiger charge is 2.19.